The Morgan fingerprint density at radius 1 is 0.875 bits per heavy atom. The van der Waals surface area contributed by atoms with Crippen LogP contribution >= 0.6 is 0 Å². The third-order valence-corrected chi connectivity index (χ3v) is 4.20. The molecule has 1 aliphatic rings. The maximum absolute atomic E-state index is 9.58. The molecule has 0 aliphatic heterocycles. The summed E-state index contributed by atoms with van der Waals surface area (Å²) in [6.07, 6.45) is 9.29. The number of allylic oxidation sites excluding steroid dienone is 2. The van der Waals surface area contributed by atoms with Gasteiger partial charge in [-0.15, -0.1) is 0 Å². The fourth-order valence-corrected chi connectivity index (χ4v) is 3.00. The molecule has 1 N–H and O–H groups in total. The first-order valence-electron chi connectivity index (χ1n) is 8.12. The molecule has 0 unspecified atom stereocenters. The van der Waals surface area contributed by atoms with Crippen molar-refractivity contribution in [2.75, 3.05) is 7.11 Å². The van der Waals surface area contributed by atoms with E-state index in [9.17, 15) is 5.11 Å². The fraction of sp³-hybridized carbons (Fsp3) is 0.136. The van der Waals surface area contributed by atoms with Gasteiger partial charge in [0.15, 0.2) is 0 Å². The van der Waals surface area contributed by atoms with E-state index in [4.69, 9.17) is 4.74 Å². The molecule has 0 saturated heterocycles. The summed E-state index contributed by atoms with van der Waals surface area (Å²) < 4.78 is 5.28. The monoisotopic (exact) mass is 317 g/mol. The minimum Gasteiger partial charge on any atom is -0.508 e. The van der Waals surface area contributed by atoms with Gasteiger partial charge in [-0.3, -0.25) is 0 Å². The predicted molar refractivity (Wildman–Crippen MR) is 98.6 cm³/mol. The smallest absolute Gasteiger partial charge is 0.118 e. The lowest BCUT2D eigenvalue weighted by Crippen LogP contribution is -2.02. The largest absolute Gasteiger partial charge is 0.508 e. The molecule has 0 atom stereocenters. The van der Waals surface area contributed by atoms with Crippen molar-refractivity contribution in [2.45, 2.75) is 13.3 Å². The molecule has 0 bridgehead atoms. The number of phenolic OH excluding ortho intramolecular Hbond substituents is 1. The van der Waals surface area contributed by atoms with Gasteiger partial charge in [0.25, 0.3) is 0 Å². The molecule has 24 heavy (non-hydrogen) atoms. The van der Waals surface area contributed by atoms with Gasteiger partial charge in [-0.05, 0) is 78.6 Å². The molecule has 3 rings (SSSR count). The van der Waals surface area contributed by atoms with Crippen molar-refractivity contribution in [3.8, 4) is 11.5 Å². The first-order chi connectivity index (χ1) is 11.7. The molecule has 0 amide bonds. The number of hydrogen-bond acceptors (Lipinski definition) is 2. The van der Waals surface area contributed by atoms with E-state index in [1.54, 1.807) is 19.2 Å². The van der Waals surface area contributed by atoms with E-state index in [-0.39, 0.29) is 5.75 Å². The van der Waals surface area contributed by atoms with Gasteiger partial charge in [0.1, 0.15) is 11.5 Å². The minimum absolute atomic E-state index is 0.286. The zero-order valence-corrected chi connectivity index (χ0v) is 14.0. The third-order valence-electron chi connectivity index (χ3n) is 4.20. The van der Waals surface area contributed by atoms with Crippen LogP contribution in [0.15, 0.2) is 48.5 Å². The Labute approximate surface area is 144 Å². The lowest BCUT2D eigenvalue weighted by atomic mass is 9.83. The number of hydrogen-bond donors (Lipinski definition) is 1. The van der Waals surface area contributed by atoms with Crippen LogP contribution in [0.3, 0.4) is 0 Å². The number of benzene rings is 2. The third kappa shape index (κ3) is 3.48. The van der Waals surface area contributed by atoms with Gasteiger partial charge in [-0.25, -0.2) is 0 Å². The summed E-state index contributed by atoms with van der Waals surface area (Å²) in [5.74, 6) is 2.34. The van der Waals surface area contributed by atoms with Crippen LogP contribution in [0.25, 0.3) is 11.1 Å². The van der Waals surface area contributed by atoms with Gasteiger partial charge in [-0.1, -0.05) is 31.2 Å². The Balaban J connectivity index is 2.11. The van der Waals surface area contributed by atoms with Crippen molar-refractivity contribution in [1.29, 1.82) is 0 Å². The van der Waals surface area contributed by atoms with Crippen LogP contribution < -0.4 is 4.74 Å². The Morgan fingerprint density at radius 2 is 1.46 bits per heavy atom. The molecule has 0 heterocycles. The standard InChI is InChI=1S/C22H21O2/c1-3-21(16-8-12-19(23)13-9-16)22(17-6-4-5-7-17)18-10-14-20(24-2)15-11-18/h4-15,23H,3H2,1-2H3/b22-21+. The van der Waals surface area contributed by atoms with Crippen molar-refractivity contribution in [2.24, 2.45) is 0 Å². The molecule has 5 radical (unpaired) electrons. The van der Waals surface area contributed by atoms with E-state index < -0.39 is 0 Å². The van der Waals surface area contributed by atoms with Crippen molar-refractivity contribution >= 4 is 11.1 Å². The molecule has 2 aromatic carbocycles. The van der Waals surface area contributed by atoms with E-state index >= 15 is 0 Å². The molecule has 0 aromatic heterocycles. The molecule has 2 aromatic rings. The topological polar surface area (TPSA) is 29.5 Å². The molecule has 2 heteroatoms. The SMILES string of the molecule is CC/C(=C(/[C]1[CH][CH][CH][CH]1)c1ccc(OC)cc1)c1ccc(O)cc1. The van der Waals surface area contributed by atoms with Crippen LogP contribution in [-0.2, 0) is 0 Å². The van der Waals surface area contributed by atoms with Gasteiger partial charge >= 0.3 is 0 Å². The van der Waals surface area contributed by atoms with Gasteiger partial charge < -0.3 is 9.84 Å². The lowest BCUT2D eigenvalue weighted by Gasteiger charge is -2.20. The molecular weight excluding hydrogens is 296 g/mol. The summed E-state index contributed by atoms with van der Waals surface area (Å²) in [4.78, 5) is 0. The van der Waals surface area contributed by atoms with Gasteiger partial charge in [-0.2, -0.15) is 0 Å². The van der Waals surface area contributed by atoms with E-state index in [1.165, 1.54) is 17.1 Å². The van der Waals surface area contributed by atoms with Crippen molar-refractivity contribution in [3.63, 3.8) is 0 Å². The fourth-order valence-electron chi connectivity index (χ4n) is 3.00. The number of phenols is 1. The normalized spacial score (nSPS) is 16.1. The summed E-state index contributed by atoms with van der Waals surface area (Å²) in [5, 5.41) is 9.58. The maximum atomic E-state index is 9.58. The lowest BCUT2D eigenvalue weighted by molar-refractivity contribution is 0.415. The van der Waals surface area contributed by atoms with Crippen molar-refractivity contribution in [3.05, 3.63) is 91.3 Å². The van der Waals surface area contributed by atoms with Gasteiger partial charge in [0, 0.05) is 5.92 Å². The summed E-state index contributed by atoms with van der Waals surface area (Å²) in [6, 6.07) is 15.6. The van der Waals surface area contributed by atoms with E-state index in [1.807, 2.05) is 24.3 Å². The maximum Gasteiger partial charge on any atom is 0.118 e. The van der Waals surface area contributed by atoms with Crippen LogP contribution in [0.5, 0.6) is 11.5 Å². The summed E-state index contributed by atoms with van der Waals surface area (Å²) in [6.45, 7) is 2.16. The van der Waals surface area contributed by atoms with E-state index in [2.05, 4.69) is 44.7 Å². The Bertz CT molecular complexity index is 690. The van der Waals surface area contributed by atoms with Gasteiger partial charge in [0.2, 0.25) is 0 Å². The molecule has 1 saturated carbocycles. The number of ether oxygens (including phenoxy) is 1. The zero-order chi connectivity index (χ0) is 16.9. The minimum atomic E-state index is 0.286. The van der Waals surface area contributed by atoms with Gasteiger partial charge in [0.05, 0.1) is 7.11 Å². The second-order valence-corrected chi connectivity index (χ2v) is 5.66. The zero-order valence-electron chi connectivity index (χ0n) is 14.0. The quantitative estimate of drug-likeness (QED) is 0.775. The first-order valence-corrected chi connectivity index (χ1v) is 8.12. The summed E-state index contributed by atoms with van der Waals surface area (Å²) in [7, 11) is 1.68. The van der Waals surface area contributed by atoms with Crippen LogP contribution in [0.2, 0.25) is 0 Å². The van der Waals surface area contributed by atoms with Crippen LogP contribution in [0, 0.1) is 31.6 Å². The molecule has 121 valence electrons. The molecule has 1 fully saturated rings. The summed E-state index contributed by atoms with van der Waals surface area (Å²) >= 11 is 0. The highest BCUT2D eigenvalue weighted by molar-refractivity contribution is 5.99. The number of methoxy groups -OCH3 is 1. The second-order valence-electron chi connectivity index (χ2n) is 5.66. The number of rotatable bonds is 5. The molecule has 2 nitrogen and oxygen atoms in total. The first kappa shape index (κ1) is 16.6. The summed E-state index contributed by atoms with van der Waals surface area (Å²) in [5.41, 5.74) is 4.76. The average Bonchev–Trinajstić information content (AvgIpc) is 3.15. The van der Waals surface area contributed by atoms with Crippen molar-refractivity contribution in [1.82, 2.24) is 0 Å². The number of aromatic hydroxyl groups is 1. The highest BCUT2D eigenvalue weighted by atomic mass is 16.5. The Hall–Kier alpha value is -2.22. The predicted octanol–water partition coefficient (Wildman–Crippen LogP) is 5.13. The molecular formula is C22H21O2. The highest BCUT2D eigenvalue weighted by Crippen LogP contribution is 2.42. The molecule has 0 spiro atoms. The average molecular weight is 317 g/mol. The van der Waals surface area contributed by atoms with Crippen LogP contribution in [0.4, 0.5) is 0 Å². The van der Waals surface area contributed by atoms with Crippen LogP contribution in [0.1, 0.15) is 24.5 Å². The second kappa shape index (κ2) is 7.57. The Morgan fingerprint density at radius 3 is 2.00 bits per heavy atom. The van der Waals surface area contributed by atoms with E-state index in [0.29, 0.717) is 0 Å². The van der Waals surface area contributed by atoms with Crippen LogP contribution in [-0.4, -0.2) is 12.2 Å². The Kier molecular flexibility index (Phi) is 5.24. The highest BCUT2D eigenvalue weighted by Gasteiger charge is 2.25. The van der Waals surface area contributed by atoms with Crippen molar-refractivity contribution < 1.29 is 9.84 Å². The van der Waals surface area contributed by atoms with E-state index in [0.717, 1.165) is 23.3 Å². The molecule has 1 aliphatic carbocycles.